The number of aromatic nitrogens is 1. The Morgan fingerprint density at radius 3 is 2.21 bits per heavy atom. The highest BCUT2D eigenvalue weighted by Crippen LogP contribution is 2.24. The van der Waals surface area contributed by atoms with Crippen molar-refractivity contribution in [2.75, 3.05) is 16.6 Å². The molecule has 2 aromatic carbocycles. The first-order valence-corrected chi connectivity index (χ1v) is 11.4. The van der Waals surface area contributed by atoms with Gasteiger partial charge in [-0.05, 0) is 36.4 Å². The molecule has 0 amide bonds. The number of benzene rings is 2. The first-order chi connectivity index (χ1) is 13.2. The van der Waals surface area contributed by atoms with Crippen LogP contribution in [0.3, 0.4) is 0 Å². The minimum atomic E-state index is -4.02. The largest absolute Gasteiger partial charge is 0.494 e. The molecule has 0 radical (unpaired) electrons. The average Bonchev–Trinajstić information content (AvgIpc) is 3.14. The summed E-state index contributed by atoms with van der Waals surface area (Å²) in [6, 6.07) is 8.22. The van der Waals surface area contributed by atoms with E-state index in [0.717, 1.165) is 29.5 Å². The predicted molar refractivity (Wildman–Crippen MR) is 103 cm³/mol. The van der Waals surface area contributed by atoms with E-state index in [9.17, 15) is 21.2 Å². The van der Waals surface area contributed by atoms with Crippen LogP contribution in [0.1, 0.15) is 0 Å². The Bertz CT molecular complexity index is 1180. The highest BCUT2D eigenvalue weighted by Gasteiger charge is 2.19. The fourth-order valence-electron chi connectivity index (χ4n) is 2.17. The first kappa shape index (κ1) is 20.0. The summed E-state index contributed by atoms with van der Waals surface area (Å²) in [4.78, 5) is 3.58. The Morgan fingerprint density at radius 1 is 0.964 bits per heavy atom. The van der Waals surface area contributed by atoms with Crippen molar-refractivity contribution in [1.82, 2.24) is 4.98 Å². The highest BCUT2D eigenvalue weighted by molar-refractivity contribution is 7.93. The van der Waals surface area contributed by atoms with E-state index in [1.165, 1.54) is 37.6 Å². The Balaban J connectivity index is 1.80. The number of thiazole rings is 1. The molecule has 0 aliphatic carbocycles. The maximum Gasteiger partial charge on any atom is 0.263 e. The Morgan fingerprint density at radius 2 is 1.61 bits per heavy atom. The van der Waals surface area contributed by atoms with Gasteiger partial charge in [-0.1, -0.05) is 0 Å². The fraction of sp³-hybridized carbons (Fsp3) is 0.0625. The molecule has 0 aliphatic heterocycles. The Labute approximate surface area is 165 Å². The number of nitrogens with one attached hydrogen (secondary N) is 2. The van der Waals surface area contributed by atoms with E-state index in [0.29, 0.717) is 0 Å². The van der Waals surface area contributed by atoms with Crippen molar-refractivity contribution in [2.24, 2.45) is 0 Å². The molecule has 28 heavy (non-hydrogen) atoms. The van der Waals surface area contributed by atoms with Crippen LogP contribution in [-0.4, -0.2) is 28.9 Å². The second kappa shape index (κ2) is 7.73. The van der Waals surface area contributed by atoms with Crippen LogP contribution in [0, 0.1) is 5.82 Å². The lowest BCUT2D eigenvalue weighted by Gasteiger charge is -2.11. The average molecular weight is 444 g/mol. The van der Waals surface area contributed by atoms with Gasteiger partial charge < -0.3 is 4.74 Å². The van der Waals surface area contributed by atoms with Crippen LogP contribution in [0.4, 0.5) is 15.2 Å². The molecule has 8 nitrogen and oxygen atoms in total. The van der Waals surface area contributed by atoms with Crippen LogP contribution < -0.4 is 14.2 Å². The standard InChI is InChI=1S/C16H14FN3O5S3/c1-25-15-10-13(6-7-14(15)17)28(23,24)19-11-2-4-12(5-3-11)27(21,22)20-16-18-8-9-26-16/h2-10,19H,1H3,(H,18,20). The zero-order valence-corrected chi connectivity index (χ0v) is 16.7. The van der Waals surface area contributed by atoms with Gasteiger partial charge >= 0.3 is 0 Å². The third-order valence-electron chi connectivity index (χ3n) is 3.50. The summed E-state index contributed by atoms with van der Waals surface area (Å²) in [5.74, 6) is -0.902. The number of ether oxygens (including phenoxy) is 1. The second-order valence-corrected chi connectivity index (χ2v) is 9.63. The molecule has 148 valence electrons. The van der Waals surface area contributed by atoms with Gasteiger partial charge in [0.05, 0.1) is 16.9 Å². The van der Waals surface area contributed by atoms with Gasteiger partial charge in [-0.3, -0.25) is 9.44 Å². The Kier molecular flexibility index (Phi) is 5.54. The number of hydrogen-bond donors (Lipinski definition) is 2. The summed E-state index contributed by atoms with van der Waals surface area (Å²) < 4.78 is 72.3. The Hall–Kier alpha value is -2.70. The highest BCUT2D eigenvalue weighted by atomic mass is 32.2. The molecule has 1 heterocycles. The SMILES string of the molecule is COc1cc(S(=O)(=O)Nc2ccc(S(=O)(=O)Nc3nccs3)cc2)ccc1F. The topological polar surface area (TPSA) is 114 Å². The van der Waals surface area contributed by atoms with Gasteiger partial charge in [0.15, 0.2) is 16.7 Å². The summed E-state index contributed by atoms with van der Waals surface area (Å²) in [5.41, 5.74) is 0.136. The van der Waals surface area contributed by atoms with Gasteiger partial charge in [0.25, 0.3) is 20.0 Å². The maximum atomic E-state index is 13.5. The molecule has 0 saturated heterocycles. The molecule has 0 saturated carbocycles. The summed E-state index contributed by atoms with van der Waals surface area (Å²) >= 11 is 1.13. The molecule has 0 unspecified atom stereocenters. The molecular formula is C16H14FN3O5S3. The van der Waals surface area contributed by atoms with Gasteiger partial charge in [0.2, 0.25) is 0 Å². The van der Waals surface area contributed by atoms with Crippen molar-refractivity contribution >= 4 is 42.2 Å². The number of anilines is 2. The van der Waals surface area contributed by atoms with E-state index in [-0.39, 0.29) is 26.4 Å². The fourth-order valence-corrected chi connectivity index (χ4v) is 5.03. The van der Waals surface area contributed by atoms with Crippen LogP contribution in [0.25, 0.3) is 0 Å². The summed E-state index contributed by atoms with van der Waals surface area (Å²) in [6.45, 7) is 0. The molecule has 12 heteroatoms. The summed E-state index contributed by atoms with van der Waals surface area (Å²) in [6.07, 6.45) is 1.46. The van der Waals surface area contributed by atoms with Crippen LogP contribution in [0.5, 0.6) is 5.75 Å². The second-order valence-electron chi connectivity index (χ2n) is 5.37. The van der Waals surface area contributed by atoms with Crippen LogP contribution in [0.2, 0.25) is 0 Å². The molecule has 3 aromatic rings. The molecular weight excluding hydrogens is 429 g/mol. The molecule has 0 aliphatic rings. The molecule has 3 rings (SSSR count). The number of sulfonamides is 2. The van der Waals surface area contributed by atoms with Crippen LogP contribution >= 0.6 is 11.3 Å². The van der Waals surface area contributed by atoms with Crippen molar-refractivity contribution in [3.8, 4) is 5.75 Å². The predicted octanol–water partition coefficient (Wildman–Crippen LogP) is 2.89. The monoisotopic (exact) mass is 443 g/mol. The van der Waals surface area contributed by atoms with Crippen LogP contribution in [0.15, 0.2) is 63.8 Å². The van der Waals surface area contributed by atoms with E-state index in [1.54, 1.807) is 5.38 Å². The van der Waals surface area contributed by atoms with E-state index in [4.69, 9.17) is 4.74 Å². The van der Waals surface area contributed by atoms with E-state index < -0.39 is 25.9 Å². The molecule has 0 atom stereocenters. The zero-order chi connectivity index (χ0) is 20.4. The third kappa shape index (κ3) is 4.40. The van der Waals surface area contributed by atoms with Gasteiger partial charge in [-0.15, -0.1) is 11.3 Å². The van der Waals surface area contributed by atoms with Crippen molar-refractivity contribution in [1.29, 1.82) is 0 Å². The minimum absolute atomic E-state index is 0.0610. The van der Waals surface area contributed by atoms with E-state index in [2.05, 4.69) is 14.4 Å². The quantitative estimate of drug-likeness (QED) is 0.580. The normalized spacial score (nSPS) is 11.8. The summed E-state index contributed by atoms with van der Waals surface area (Å²) in [7, 11) is -6.65. The maximum absolute atomic E-state index is 13.5. The van der Waals surface area contributed by atoms with Gasteiger partial charge in [-0.2, -0.15) is 0 Å². The lowest BCUT2D eigenvalue weighted by atomic mass is 10.3. The van der Waals surface area contributed by atoms with E-state index in [1.807, 2.05) is 0 Å². The first-order valence-electron chi connectivity index (χ1n) is 7.60. The van der Waals surface area contributed by atoms with Gasteiger partial charge in [0.1, 0.15) is 0 Å². The van der Waals surface area contributed by atoms with E-state index >= 15 is 0 Å². The molecule has 0 fully saturated rings. The van der Waals surface area contributed by atoms with Gasteiger partial charge in [0, 0.05) is 23.3 Å². The number of nitrogens with zero attached hydrogens (tertiary/aromatic N) is 1. The minimum Gasteiger partial charge on any atom is -0.494 e. The van der Waals surface area contributed by atoms with Crippen molar-refractivity contribution < 1.29 is 26.0 Å². The van der Waals surface area contributed by atoms with Gasteiger partial charge in [-0.25, -0.2) is 26.2 Å². The molecule has 1 aromatic heterocycles. The number of hydrogen-bond acceptors (Lipinski definition) is 7. The smallest absolute Gasteiger partial charge is 0.263 e. The lowest BCUT2D eigenvalue weighted by molar-refractivity contribution is 0.385. The zero-order valence-electron chi connectivity index (χ0n) is 14.3. The number of halogens is 1. The number of methoxy groups -OCH3 is 1. The van der Waals surface area contributed by atoms with Crippen molar-refractivity contribution in [3.63, 3.8) is 0 Å². The van der Waals surface area contributed by atoms with Crippen LogP contribution in [-0.2, 0) is 20.0 Å². The lowest BCUT2D eigenvalue weighted by Crippen LogP contribution is -2.14. The summed E-state index contributed by atoms with van der Waals surface area (Å²) in [5, 5.41) is 1.84. The van der Waals surface area contributed by atoms with Crippen molar-refractivity contribution in [3.05, 3.63) is 59.9 Å². The molecule has 0 spiro atoms. The third-order valence-corrected chi connectivity index (χ3v) is 7.06. The molecule has 2 N–H and O–H groups in total. The number of rotatable bonds is 7. The molecule has 0 bridgehead atoms. The van der Waals surface area contributed by atoms with Crippen molar-refractivity contribution in [2.45, 2.75) is 9.79 Å².